The monoisotopic (exact) mass is 519 g/mol. The van der Waals surface area contributed by atoms with E-state index >= 15 is 0 Å². The van der Waals surface area contributed by atoms with E-state index in [4.69, 9.17) is 22.7 Å². The Balaban J connectivity index is 1.48. The molecule has 0 radical (unpaired) electrons. The predicted octanol–water partition coefficient (Wildman–Crippen LogP) is 6.39. The lowest BCUT2D eigenvalue weighted by atomic mass is 10.1. The van der Waals surface area contributed by atoms with Crippen LogP contribution in [-0.4, -0.2) is 15.5 Å². The number of hydrogen-bond acceptors (Lipinski definition) is 3. The molecule has 0 unspecified atom stereocenters. The van der Waals surface area contributed by atoms with E-state index in [0.717, 1.165) is 38.9 Å². The molecule has 38 heavy (non-hydrogen) atoms. The number of fused-ring (bicyclic) bond motifs is 1. The van der Waals surface area contributed by atoms with Gasteiger partial charge in [-0.25, -0.2) is 0 Å². The van der Waals surface area contributed by atoms with E-state index < -0.39 is 0 Å². The smallest absolute Gasteiger partial charge is 0.268 e. The lowest BCUT2D eigenvalue weighted by molar-refractivity contribution is 0.0931. The molecule has 0 fully saturated rings. The van der Waals surface area contributed by atoms with Gasteiger partial charge in [-0.1, -0.05) is 91.1 Å². The molecule has 0 spiro atoms. The highest BCUT2D eigenvalue weighted by molar-refractivity contribution is 7.80. The zero-order chi connectivity index (χ0) is 26.5. The first-order chi connectivity index (χ1) is 18.5. The number of benzene rings is 4. The van der Waals surface area contributed by atoms with Crippen LogP contribution in [0.1, 0.15) is 45.7 Å². The van der Waals surface area contributed by atoms with E-state index in [-0.39, 0.29) is 11.9 Å². The van der Waals surface area contributed by atoms with Crippen LogP contribution < -0.4 is 15.8 Å². The van der Waals surface area contributed by atoms with Crippen molar-refractivity contribution in [3.05, 3.63) is 137 Å². The molecule has 1 aromatic heterocycles. The fourth-order valence-electron chi connectivity index (χ4n) is 4.54. The van der Waals surface area contributed by atoms with Gasteiger partial charge in [0, 0.05) is 23.0 Å². The zero-order valence-corrected chi connectivity index (χ0v) is 21.9. The van der Waals surface area contributed by atoms with Crippen LogP contribution in [0.4, 0.5) is 0 Å². The van der Waals surface area contributed by atoms with Gasteiger partial charge in [-0.2, -0.15) is 0 Å². The fourth-order valence-corrected chi connectivity index (χ4v) is 4.67. The molecule has 1 heterocycles. The Morgan fingerprint density at radius 2 is 1.61 bits per heavy atom. The van der Waals surface area contributed by atoms with Gasteiger partial charge in [0.05, 0.1) is 6.04 Å². The van der Waals surface area contributed by atoms with E-state index in [1.807, 2.05) is 121 Å². The number of hydrogen-bond donors (Lipinski definition) is 2. The number of nitrogens with one attached hydrogen (secondary N) is 1. The zero-order valence-electron chi connectivity index (χ0n) is 21.1. The highest BCUT2D eigenvalue weighted by Crippen LogP contribution is 2.27. The number of amides is 1. The van der Waals surface area contributed by atoms with Crippen molar-refractivity contribution in [2.75, 3.05) is 0 Å². The lowest BCUT2D eigenvalue weighted by Crippen LogP contribution is -2.28. The molecular formula is C32H29N3O2S. The van der Waals surface area contributed by atoms with Crippen molar-refractivity contribution in [3.63, 3.8) is 0 Å². The Kier molecular flexibility index (Phi) is 7.52. The van der Waals surface area contributed by atoms with Gasteiger partial charge >= 0.3 is 0 Å². The number of rotatable bonds is 9. The van der Waals surface area contributed by atoms with Gasteiger partial charge in [-0.05, 0) is 53.9 Å². The van der Waals surface area contributed by atoms with Crippen molar-refractivity contribution in [3.8, 4) is 5.75 Å². The predicted molar refractivity (Wildman–Crippen MR) is 156 cm³/mol. The summed E-state index contributed by atoms with van der Waals surface area (Å²) in [6.45, 7) is 2.95. The van der Waals surface area contributed by atoms with Gasteiger partial charge in [-0.15, -0.1) is 0 Å². The van der Waals surface area contributed by atoms with Crippen molar-refractivity contribution in [1.29, 1.82) is 0 Å². The summed E-state index contributed by atoms with van der Waals surface area (Å²) >= 11 is 5.18. The molecule has 1 atom stereocenters. The molecule has 0 saturated carbocycles. The van der Waals surface area contributed by atoms with Crippen molar-refractivity contribution >= 4 is 34.0 Å². The number of carbonyl (C=O) groups is 1. The topological polar surface area (TPSA) is 69.3 Å². The van der Waals surface area contributed by atoms with Gasteiger partial charge in [0.15, 0.2) is 0 Å². The summed E-state index contributed by atoms with van der Waals surface area (Å²) in [6.07, 6.45) is 0. The van der Waals surface area contributed by atoms with Crippen LogP contribution in [-0.2, 0) is 13.2 Å². The molecule has 0 aliphatic rings. The van der Waals surface area contributed by atoms with Crippen LogP contribution in [0.15, 0.2) is 109 Å². The third-order valence-electron chi connectivity index (χ3n) is 6.55. The quantitative estimate of drug-likeness (QED) is 0.221. The fraction of sp³-hybridized carbons (Fsp3) is 0.125. The maximum absolute atomic E-state index is 13.6. The average molecular weight is 520 g/mol. The minimum atomic E-state index is -0.144. The molecule has 5 nitrogen and oxygen atoms in total. The van der Waals surface area contributed by atoms with E-state index in [2.05, 4.69) is 5.32 Å². The minimum Gasteiger partial charge on any atom is -0.489 e. The summed E-state index contributed by atoms with van der Waals surface area (Å²) < 4.78 is 8.08. The molecule has 4 aromatic carbocycles. The van der Waals surface area contributed by atoms with E-state index in [0.29, 0.717) is 23.8 Å². The highest BCUT2D eigenvalue weighted by Gasteiger charge is 2.19. The normalized spacial score (nSPS) is 11.7. The molecule has 190 valence electrons. The van der Waals surface area contributed by atoms with Crippen molar-refractivity contribution in [1.82, 2.24) is 9.88 Å². The Morgan fingerprint density at radius 3 is 2.34 bits per heavy atom. The Morgan fingerprint density at radius 1 is 0.895 bits per heavy atom. The van der Waals surface area contributed by atoms with Gasteiger partial charge in [0.1, 0.15) is 23.0 Å². The van der Waals surface area contributed by atoms with Crippen LogP contribution in [0, 0.1) is 0 Å². The Bertz CT molecular complexity index is 1580. The molecule has 0 saturated heterocycles. The van der Waals surface area contributed by atoms with Crippen LogP contribution in [0.3, 0.4) is 0 Å². The Hall–Kier alpha value is -4.42. The first-order valence-corrected chi connectivity index (χ1v) is 12.9. The largest absolute Gasteiger partial charge is 0.489 e. The number of nitrogens with two attached hydrogens (primary N) is 1. The molecule has 3 N–H and O–H groups in total. The van der Waals surface area contributed by atoms with Gasteiger partial charge in [-0.3, -0.25) is 4.79 Å². The second-order valence-corrected chi connectivity index (χ2v) is 9.72. The van der Waals surface area contributed by atoms with E-state index in [1.165, 1.54) is 0 Å². The maximum atomic E-state index is 13.6. The highest BCUT2D eigenvalue weighted by atomic mass is 32.1. The van der Waals surface area contributed by atoms with E-state index in [1.54, 1.807) is 0 Å². The first-order valence-electron chi connectivity index (χ1n) is 12.5. The van der Waals surface area contributed by atoms with Crippen LogP contribution in [0.2, 0.25) is 0 Å². The van der Waals surface area contributed by atoms with Gasteiger partial charge in [0.25, 0.3) is 5.91 Å². The summed E-state index contributed by atoms with van der Waals surface area (Å²) in [5.41, 5.74) is 11.3. The lowest BCUT2D eigenvalue weighted by Gasteiger charge is -2.16. The second-order valence-electron chi connectivity index (χ2n) is 9.28. The molecule has 5 aromatic rings. The number of carbonyl (C=O) groups excluding carboxylic acids is 1. The van der Waals surface area contributed by atoms with Crippen molar-refractivity contribution in [2.45, 2.75) is 26.1 Å². The number of nitrogens with zero attached hydrogens (tertiary/aromatic N) is 1. The molecule has 0 aliphatic carbocycles. The molecule has 0 aliphatic heterocycles. The molecule has 0 bridgehead atoms. The number of aromatic nitrogens is 1. The molecule has 1 amide bonds. The summed E-state index contributed by atoms with van der Waals surface area (Å²) in [6, 6.07) is 35.5. The summed E-state index contributed by atoms with van der Waals surface area (Å²) in [5.74, 6) is 0.605. The van der Waals surface area contributed by atoms with Gasteiger partial charge in [0.2, 0.25) is 0 Å². The maximum Gasteiger partial charge on any atom is 0.268 e. The third kappa shape index (κ3) is 5.76. The number of thiocarbonyl (C=S) groups is 1. The van der Waals surface area contributed by atoms with E-state index in [9.17, 15) is 4.79 Å². The Labute approximate surface area is 227 Å². The van der Waals surface area contributed by atoms with Crippen molar-refractivity contribution < 1.29 is 9.53 Å². The average Bonchev–Trinajstić information content (AvgIpc) is 3.30. The van der Waals surface area contributed by atoms with Crippen LogP contribution in [0.25, 0.3) is 10.9 Å². The molecule has 6 heteroatoms. The van der Waals surface area contributed by atoms with Gasteiger partial charge < -0.3 is 20.4 Å². The summed E-state index contributed by atoms with van der Waals surface area (Å²) in [4.78, 5) is 13.9. The van der Waals surface area contributed by atoms with Crippen LogP contribution in [0.5, 0.6) is 5.75 Å². The number of ether oxygens (including phenoxy) is 1. The summed E-state index contributed by atoms with van der Waals surface area (Å²) in [7, 11) is 0. The first kappa shape index (κ1) is 25.2. The van der Waals surface area contributed by atoms with Crippen molar-refractivity contribution in [2.24, 2.45) is 5.73 Å². The standard InChI is InChI=1S/C32H29N3O2S/c1-22(25-12-6-3-7-13-25)34-32(36)30-19-27-18-28(37-21-23-9-4-2-5-10-23)15-16-29(27)35(30)20-24-11-8-14-26(17-24)31(33)38/h2-19,22H,20-21H2,1H3,(H2,33,38)(H,34,36)/t22-/m1/s1. The second kappa shape index (κ2) is 11.3. The SMILES string of the molecule is C[C@@H](NC(=O)c1cc2cc(OCc3ccccc3)ccc2n1Cc1cccc(C(N)=S)c1)c1ccccc1. The minimum absolute atomic E-state index is 0.141. The molecule has 5 rings (SSSR count). The summed E-state index contributed by atoms with van der Waals surface area (Å²) in [5, 5.41) is 4.09. The molecular weight excluding hydrogens is 490 g/mol. The third-order valence-corrected chi connectivity index (χ3v) is 6.79. The van der Waals surface area contributed by atoms with Crippen LogP contribution >= 0.6 is 12.2 Å².